The minimum Gasteiger partial charge on any atom is -0.339 e. The predicted molar refractivity (Wildman–Crippen MR) is 76.0 cm³/mol. The molecule has 4 nitrogen and oxygen atoms in total. The van der Waals surface area contributed by atoms with Gasteiger partial charge >= 0.3 is 0 Å². The molecule has 1 aliphatic carbocycles. The Morgan fingerprint density at radius 2 is 2.16 bits per heavy atom. The number of hydrogen-bond donors (Lipinski definition) is 1. The van der Waals surface area contributed by atoms with Gasteiger partial charge in [0.15, 0.2) is 5.82 Å². The summed E-state index contributed by atoms with van der Waals surface area (Å²) in [5.74, 6) is 3.08. The number of rotatable bonds is 5. The molecule has 1 aliphatic rings. The van der Waals surface area contributed by atoms with Gasteiger partial charge in [-0.2, -0.15) is 4.98 Å². The lowest BCUT2D eigenvalue weighted by molar-refractivity contribution is 0.295. The van der Waals surface area contributed by atoms with Crippen LogP contribution >= 0.6 is 0 Å². The first-order valence-corrected chi connectivity index (χ1v) is 7.74. The van der Waals surface area contributed by atoms with Gasteiger partial charge in [0.1, 0.15) is 0 Å². The third kappa shape index (κ3) is 3.35. The molecule has 0 spiro atoms. The van der Waals surface area contributed by atoms with Crippen LogP contribution in [0, 0.1) is 5.92 Å². The average Bonchev–Trinajstić information content (AvgIpc) is 2.95. The van der Waals surface area contributed by atoms with E-state index in [9.17, 15) is 0 Å². The van der Waals surface area contributed by atoms with Gasteiger partial charge in [0, 0.05) is 12.0 Å². The van der Waals surface area contributed by atoms with Gasteiger partial charge in [0.2, 0.25) is 5.89 Å². The zero-order chi connectivity index (χ0) is 13.8. The van der Waals surface area contributed by atoms with E-state index >= 15 is 0 Å². The molecule has 2 N–H and O–H groups in total. The van der Waals surface area contributed by atoms with Crippen molar-refractivity contribution in [2.45, 2.75) is 77.2 Å². The summed E-state index contributed by atoms with van der Waals surface area (Å²) < 4.78 is 5.43. The van der Waals surface area contributed by atoms with Crippen LogP contribution in [0.15, 0.2) is 4.52 Å². The Morgan fingerprint density at radius 3 is 2.84 bits per heavy atom. The van der Waals surface area contributed by atoms with Crippen molar-refractivity contribution in [1.29, 1.82) is 0 Å². The number of nitrogens with zero attached hydrogens (tertiary/aromatic N) is 2. The summed E-state index contributed by atoms with van der Waals surface area (Å²) in [7, 11) is 0. The molecule has 0 radical (unpaired) electrons. The largest absolute Gasteiger partial charge is 0.339 e. The SMILES string of the molecule is CCC1CCCC(c2noc(C(C)C(N)CC)n2)C1. The van der Waals surface area contributed by atoms with Crippen LogP contribution in [0.25, 0.3) is 0 Å². The first-order valence-electron chi connectivity index (χ1n) is 7.74. The van der Waals surface area contributed by atoms with E-state index in [0.717, 1.165) is 18.2 Å². The molecular weight excluding hydrogens is 238 g/mol. The van der Waals surface area contributed by atoms with Crippen LogP contribution in [-0.2, 0) is 0 Å². The first kappa shape index (κ1) is 14.5. The lowest BCUT2D eigenvalue weighted by Gasteiger charge is -2.26. The third-order valence-corrected chi connectivity index (χ3v) is 4.69. The Bertz CT molecular complexity index is 390. The monoisotopic (exact) mass is 265 g/mol. The summed E-state index contributed by atoms with van der Waals surface area (Å²) in [5, 5.41) is 4.20. The molecule has 108 valence electrons. The maximum absolute atomic E-state index is 6.05. The number of hydrogen-bond acceptors (Lipinski definition) is 4. The normalized spacial score (nSPS) is 27.2. The highest BCUT2D eigenvalue weighted by atomic mass is 16.5. The Kier molecular flexibility index (Phi) is 4.97. The summed E-state index contributed by atoms with van der Waals surface area (Å²) in [4.78, 5) is 4.61. The minimum absolute atomic E-state index is 0.100. The van der Waals surface area contributed by atoms with Gasteiger partial charge in [-0.25, -0.2) is 0 Å². The second-order valence-electron chi connectivity index (χ2n) is 5.99. The van der Waals surface area contributed by atoms with Crippen molar-refractivity contribution in [3.8, 4) is 0 Å². The summed E-state index contributed by atoms with van der Waals surface area (Å²) in [6, 6.07) is 0.100. The Balaban J connectivity index is 2.04. The van der Waals surface area contributed by atoms with E-state index in [4.69, 9.17) is 10.3 Å². The topological polar surface area (TPSA) is 64.9 Å². The molecule has 2 rings (SSSR count). The molecule has 4 heteroatoms. The van der Waals surface area contributed by atoms with Crippen LogP contribution in [0.3, 0.4) is 0 Å². The highest BCUT2D eigenvalue weighted by molar-refractivity contribution is 5.02. The van der Waals surface area contributed by atoms with Crippen molar-refractivity contribution in [2.24, 2.45) is 11.7 Å². The van der Waals surface area contributed by atoms with E-state index in [1.54, 1.807) is 0 Å². The first-order chi connectivity index (χ1) is 9.15. The quantitative estimate of drug-likeness (QED) is 0.883. The van der Waals surface area contributed by atoms with Crippen molar-refractivity contribution in [3.63, 3.8) is 0 Å². The lowest BCUT2D eigenvalue weighted by Crippen LogP contribution is -2.25. The molecule has 1 fully saturated rings. The maximum Gasteiger partial charge on any atom is 0.231 e. The highest BCUT2D eigenvalue weighted by Crippen LogP contribution is 2.36. The summed E-state index contributed by atoms with van der Waals surface area (Å²) in [5.41, 5.74) is 6.05. The summed E-state index contributed by atoms with van der Waals surface area (Å²) >= 11 is 0. The van der Waals surface area contributed by atoms with Gasteiger partial charge < -0.3 is 10.3 Å². The van der Waals surface area contributed by atoms with E-state index in [2.05, 4.69) is 30.9 Å². The molecular formula is C15H27N3O. The van der Waals surface area contributed by atoms with Crippen LogP contribution in [0.4, 0.5) is 0 Å². The Labute approximate surface area is 116 Å². The van der Waals surface area contributed by atoms with Gasteiger partial charge in [-0.3, -0.25) is 0 Å². The fourth-order valence-electron chi connectivity index (χ4n) is 3.03. The van der Waals surface area contributed by atoms with E-state index in [1.807, 2.05) is 0 Å². The van der Waals surface area contributed by atoms with E-state index in [0.29, 0.717) is 11.8 Å². The molecule has 4 atom stereocenters. The molecule has 1 heterocycles. The molecule has 0 bridgehead atoms. The van der Waals surface area contributed by atoms with Crippen molar-refractivity contribution in [1.82, 2.24) is 10.1 Å². The predicted octanol–water partition coefficient (Wildman–Crippen LogP) is 3.59. The molecule has 1 aromatic rings. The van der Waals surface area contributed by atoms with Crippen molar-refractivity contribution in [3.05, 3.63) is 11.7 Å². The molecule has 19 heavy (non-hydrogen) atoms. The van der Waals surface area contributed by atoms with Gasteiger partial charge in [0.25, 0.3) is 0 Å². The van der Waals surface area contributed by atoms with Crippen LogP contribution in [0.1, 0.15) is 82.8 Å². The van der Waals surface area contributed by atoms with E-state index < -0.39 is 0 Å². The third-order valence-electron chi connectivity index (χ3n) is 4.69. The van der Waals surface area contributed by atoms with Crippen molar-refractivity contribution < 1.29 is 4.52 Å². The van der Waals surface area contributed by atoms with Crippen LogP contribution in [0.2, 0.25) is 0 Å². The van der Waals surface area contributed by atoms with Crippen molar-refractivity contribution >= 4 is 0 Å². The van der Waals surface area contributed by atoms with Gasteiger partial charge in [-0.05, 0) is 25.2 Å². The molecule has 0 aromatic carbocycles. The molecule has 0 saturated heterocycles. The zero-order valence-electron chi connectivity index (χ0n) is 12.4. The fraction of sp³-hybridized carbons (Fsp3) is 0.867. The van der Waals surface area contributed by atoms with Crippen LogP contribution in [-0.4, -0.2) is 16.2 Å². The molecule has 1 aromatic heterocycles. The number of nitrogens with two attached hydrogens (primary N) is 1. The molecule has 0 amide bonds. The lowest BCUT2D eigenvalue weighted by atomic mass is 9.80. The van der Waals surface area contributed by atoms with Crippen LogP contribution in [0.5, 0.6) is 0 Å². The van der Waals surface area contributed by atoms with Gasteiger partial charge in [-0.1, -0.05) is 45.2 Å². The minimum atomic E-state index is 0.100. The second-order valence-corrected chi connectivity index (χ2v) is 5.99. The second kappa shape index (κ2) is 6.51. The van der Waals surface area contributed by atoms with E-state index in [-0.39, 0.29) is 12.0 Å². The summed E-state index contributed by atoms with van der Waals surface area (Å²) in [6.07, 6.45) is 7.25. The highest BCUT2D eigenvalue weighted by Gasteiger charge is 2.27. The standard InChI is InChI=1S/C15H27N3O/c1-4-11-7-6-8-12(9-11)14-17-15(19-18-14)10(3)13(16)5-2/h10-13H,4-9,16H2,1-3H3. The smallest absolute Gasteiger partial charge is 0.231 e. The summed E-state index contributed by atoms with van der Waals surface area (Å²) in [6.45, 7) is 6.43. The van der Waals surface area contributed by atoms with Crippen molar-refractivity contribution in [2.75, 3.05) is 0 Å². The van der Waals surface area contributed by atoms with Crippen LogP contribution < -0.4 is 5.73 Å². The molecule has 4 unspecified atom stereocenters. The van der Waals surface area contributed by atoms with Gasteiger partial charge in [-0.15, -0.1) is 0 Å². The Hall–Kier alpha value is -0.900. The Morgan fingerprint density at radius 1 is 1.37 bits per heavy atom. The maximum atomic E-state index is 6.05. The zero-order valence-corrected chi connectivity index (χ0v) is 12.4. The molecule has 0 aliphatic heterocycles. The average molecular weight is 265 g/mol. The van der Waals surface area contributed by atoms with E-state index in [1.165, 1.54) is 32.1 Å². The molecule has 1 saturated carbocycles. The van der Waals surface area contributed by atoms with Gasteiger partial charge in [0.05, 0.1) is 5.92 Å². The number of aromatic nitrogens is 2. The fourth-order valence-corrected chi connectivity index (χ4v) is 3.03.